The molecule has 1 aromatic carbocycles. The fraction of sp³-hybridized carbons (Fsp3) is 0.200. The number of furan rings is 1. The molecule has 0 aliphatic heterocycles. The molecular formula is C25H25NO5. The predicted molar refractivity (Wildman–Crippen MR) is 118 cm³/mol. The van der Waals surface area contributed by atoms with Gasteiger partial charge in [0.2, 0.25) is 5.78 Å². The number of aromatic nitrogens is 1. The van der Waals surface area contributed by atoms with Crippen molar-refractivity contribution < 1.29 is 23.5 Å². The van der Waals surface area contributed by atoms with E-state index in [2.05, 4.69) is 6.58 Å². The number of ether oxygens (including phenoxy) is 2. The monoisotopic (exact) mass is 419 g/mol. The molecule has 0 atom stereocenters. The zero-order valence-electron chi connectivity index (χ0n) is 17.7. The minimum atomic E-state index is -0.579. The van der Waals surface area contributed by atoms with Crippen LogP contribution < -0.4 is 4.74 Å². The predicted octanol–water partition coefficient (Wildman–Crippen LogP) is 4.75. The van der Waals surface area contributed by atoms with Crippen molar-refractivity contribution in [1.82, 2.24) is 4.57 Å². The molecule has 0 saturated heterocycles. The van der Waals surface area contributed by atoms with Gasteiger partial charge in [0.1, 0.15) is 18.1 Å². The van der Waals surface area contributed by atoms with Gasteiger partial charge in [-0.05, 0) is 55.8 Å². The number of esters is 1. The first-order chi connectivity index (χ1) is 15.0. The van der Waals surface area contributed by atoms with Crippen molar-refractivity contribution >= 4 is 17.8 Å². The van der Waals surface area contributed by atoms with Gasteiger partial charge in [0.25, 0.3) is 0 Å². The molecule has 3 rings (SSSR count). The van der Waals surface area contributed by atoms with E-state index in [9.17, 15) is 9.59 Å². The number of aryl methyl sites for hydroxylation is 1. The van der Waals surface area contributed by atoms with Crippen LogP contribution in [-0.2, 0) is 16.1 Å². The Morgan fingerprint density at radius 3 is 2.61 bits per heavy atom. The Kier molecular flexibility index (Phi) is 7.27. The molecule has 0 spiro atoms. The molecule has 3 aromatic rings. The Bertz CT molecular complexity index is 1070. The molecule has 0 unspecified atom stereocenters. The van der Waals surface area contributed by atoms with E-state index in [1.165, 1.54) is 6.08 Å². The second-order valence-corrected chi connectivity index (χ2v) is 6.98. The molecule has 0 radical (unpaired) electrons. The van der Waals surface area contributed by atoms with Crippen LogP contribution in [0.3, 0.4) is 0 Å². The maximum Gasteiger partial charge on any atom is 0.331 e. The largest absolute Gasteiger partial charge is 0.490 e. The SMILES string of the molecule is C=CCOc1ccc(/C=C/C(=O)OCC(=O)c2cc(C)n(Cc3ccco3)c2C)cc1. The molecule has 6 heteroatoms. The van der Waals surface area contributed by atoms with Crippen molar-refractivity contribution in [2.75, 3.05) is 13.2 Å². The van der Waals surface area contributed by atoms with Gasteiger partial charge in [-0.2, -0.15) is 0 Å². The molecule has 0 saturated carbocycles. The molecule has 0 aliphatic carbocycles. The highest BCUT2D eigenvalue weighted by Gasteiger charge is 2.17. The Labute approximate surface area is 181 Å². The molecule has 2 heterocycles. The van der Waals surface area contributed by atoms with Crippen molar-refractivity contribution in [3.63, 3.8) is 0 Å². The quantitative estimate of drug-likeness (QED) is 0.205. The summed E-state index contributed by atoms with van der Waals surface area (Å²) in [7, 11) is 0. The Morgan fingerprint density at radius 2 is 1.94 bits per heavy atom. The summed E-state index contributed by atoms with van der Waals surface area (Å²) in [6, 6.07) is 12.8. The highest BCUT2D eigenvalue weighted by molar-refractivity contribution is 6.00. The summed E-state index contributed by atoms with van der Waals surface area (Å²) in [6.45, 7) is 8.05. The second kappa shape index (κ2) is 10.3. The first kappa shape index (κ1) is 21.9. The van der Waals surface area contributed by atoms with Crippen LogP contribution in [0.2, 0.25) is 0 Å². The smallest absolute Gasteiger partial charge is 0.331 e. The van der Waals surface area contributed by atoms with Crippen LogP contribution in [0.5, 0.6) is 5.75 Å². The molecule has 160 valence electrons. The lowest BCUT2D eigenvalue weighted by atomic mass is 10.1. The standard InChI is InChI=1S/C25H25NO5/c1-4-13-29-21-10-7-20(8-11-21)9-12-25(28)31-17-24(27)23-15-18(2)26(19(23)3)16-22-6-5-14-30-22/h4-12,14-15H,1,13,16-17H2,2-3H3/b12-9+. The van der Waals surface area contributed by atoms with E-state index in [0.29, 0.717) is 18.7 Å². The van der Waals surface area contributed by atoms with E-state index in [4.69, 9.17) is 13.9 Å². The number of nitrogens with zero attached hydrogens (tertiary/aromatic N) is 1. The van der Waals surface area contributed by atoms with E-state index < -0.39 is 5.97 Å². The van der Waals surface area contributed by atoms with Gasteiger partial charge in [-0.1, -0.05) is 24.8 Å². The third-order valence-electron chi connectivity index (χ3n) is 4.77. The van der Waals surface area contributed by atoms with Crippen LogP contribution in [-0.4, -0.2) is 29.5 Å². The number of hydrogen-bond donors (Lipinski definition) is 0. The number of rotatable bonds is 10. The van der Waals surface area contributed by atoms with Crippen LogP contribution in [0.15, 0.2) is 71.9 Å². The second-order valence-electron chi connectivity index (χ2n) is 6.98. The zero-order chi connectivity index (χ0) is 22.2. The highest BCUT2D eigenvalue weighted by atomic mass is 16.5. The summed E-state index contributed by atoms with van der Waals surface area (Å²) in [5.74, 6) is 0.696. The molecule has 0 aliphatic rings. The summed E-state index contributed by atoms with van der Waals surface area (Å²) in [5.41, 5.74) is 3.10. The number of Topliss-reactive ketones (excluding diaryl/α,β-unsaturated/α-hetero) is 1. The summed E-state index contributed by atoms with van der Waals surface area (Å²) in [4.78, 5) is 24.6. The van der Waals surface area contributed by atoms with Gasteiger partial charge < -0.3 is 18.5 Å². The van der Waals surface area contributed by atoms with E-state index in [0.717, 1.165) is 28.5 Å². The lowest BCUT2D eigenvalue weighted by Crippen LogP contribution is -2.13. The maximum absolute atomic E-state index is 12.6. The van der Waals surface area contributed by atoms with Crippen molar-refractivity contribution in [1.29, 1.82) is 0 Å². The Morgan fingerprint density at radius 1 is 1.16 bits per heavy atom. The number of ketones is 1. The van der Waals surface area contributed by atoms with Crippen molar-refractivity contribution in [3.8, 4) is 5.75 Å². The van der Waals surface area contributed by atoms with E-state index in [1.807, 2.05) is 42.7 Å². The topological polar surface area (TPSA) is 70.7 Å². The number of benzene rings is 1. The van der Waals surface area contributed by atoms with Crippen molar-refractivity contribution in [3.05, 3.63) is 95.7 Å². The van der Waals surface area contributed by atoms with Gasteiger partial charge >= 0.3 is 5.97 Å². The van der Waals surface area contributed by atoms with E-state index in [-0.39, 0.29) is 12.4 Å². The molecule has 6 nitrogen and oxygen atoms in total. The van der Waals surface area contributed by atoms with Crippen LogP contribution in [0.1, 0.15) is 33.1 Å². The summed E-state index contributed by atoms with van der Waals surface area (Å²) in [5, 5.41) is 0. The number of hydrogen-bond acceptors (Lipinski definition) is 5. The highest BCUT2D eigenvalue weighted by Crippen LogP contribution is 2.18. The third-order valence-corrected chi connectivity index (χ3v) is 4.77. The van der Waals surface area contributed by atoms with Gasteiger partial charge in [0.05, 0.1) is 12.8 Å². The molecule has 2 aromatic heterocycles. The first-order valence-corrected chi connectivity index (χ1v) is 9.89. The fourth-order valence-corrected chi connectivity index (χ4v) is 3.14. The number of carbonyl (C=O) groups excluding carboxylic acids is 2. The Hall–Kier alpha value is -3.80. The minimum Gasteiger partial charge on any atom is -0.490 e. The fourth-order valence-electron chi connectivity index (χ4n) is 3.14. The van der Waals surface area contributed by atoms with Gasteiger partial charge in [-0.25, -0.2) is 4.79 Å². The molecule has 31 heavy (non-hydrogen) atoms. The van der Waals surface area contributed by atoms with Crippen molar-refractivity contribution in [2.45, 2.75) is 20.4 Å². The molecule has 0 fully saturated rings. The third kappa shape index (κ3) is 5.85. The first-order valence-electron chi connectivity index (χ1n) is 9.89. The Balaban J connectivity index is 1.55. The maximum atomic E-state index is 12.6. The number of carbonyl (C=O) groups is 2. The minimum absolute atomic E-state index is 0.246. The summed E-state index contributed by atoms with van der Waals surface area (Å²) in [6.07, 6.45) is 6.21. The molecule has 0 N–H and O–H groups in total. The average molecular weight is 419 g/mol. The van der Waals surface area contributed by atoms with Gasteiger partial charge in [-0.3, -0.25) is 4.79 Å². The van der Waals surface area contributed by atoms with Crippen LogP contribution >= 0.6 is 0 Å². The average Bonchev–Trinajstić information content (AvgIpc) is 3.39. The lowest BCUT2D eigenvalue weighted by molar-refractivity contribution is -0.136. The molecular weight excluding hydrogens is 394 g/mol. The van der Waals surface area contributed by atoms with E-state index in [1.54, 1.807) is 36.6 Å². The lowest BCUT2D eigenvalue weighted by Gasteiger charge is -2.08. The zero-order valence-corrected chi connectivity index (χ0v) is 17.7. The van der Waals surface area contributed by atoms with Gasteiger partial charge in [0, 0.05) is 23.0 Å². The summed E-state index contributed by atoms with van der Waals surface area (Å²) >= 11 is 0. The van der Waals surface area contributed by atoms with Crippen LogP contribution in [0.4, 0.5) is 0 Å². The normalized spacial score (nSPS) is 10.9. The van der Waals surface area contributed by atoms with Crippen molar-refractivity contribution in [2.24, 2.45) is 0 Å². The summed E-state index contributed by atoms with van der Waals surface area (Å²) < 4.78 is 17.9. The van der Waals surface area contributed by atoms with Crippen LogP contribution in [0.25, 0.3) is 6.08 Å². The van der Waals surface area contributed by atoms with Gasteiger partial charge in [-0.15, -0.1) is 0 Å². The van der Waals surface area contributed by atoms with E-state index >= 15 is 0 Å². The van der Waals surface area contributed by atoms with Gasteiger partial charge in [0.15, 0.2) is 6.61 Å². The molecule has 0 bridgehead atoms. The van der Waals surface area contributed by atoms with Crippen LogP contribution in [0, 0.1) is 13.8 Å². The molecule has 0 amide bonds.